The van der Waals surface area contributed by atoms with Crippen molar-refractivity contribution in [3.05, 3.63) is 69.2 Å². The summed E-state index contributed by atoms with van der Waals surface area (Å²) in [4.78, 5) is 0. The van der Waals surface area contributed by atoms with E-state index in [0.717, 1.165) is 17.2 Å². The predicted octanol–water partition coefficient (Wildman–Crippen LogP) is 5.78. The summed E-state index contributed by atoms with van der Waals surface area (Å²) in [6.07, 6.45) is 0. The Kier molecular flexibility index (Phi) is 5.05. The van der Waals surface area contributed by atoms with Crippen LogP contribution in [-0.4, -0.2) is 11.3 Å². The van der Waals surface area contributed by atoms with Crippen molar-refractivity contribution in [3.8, 4) is 0 Å². The maximum Gasteiger partial charge on any atom is 0.148 e. The van der Waals surface area contributed by atoms with Crippen LogP contribution in [0, 0.1) is 0 Å². The molecular formula is C19H20Cl2N2S. The molecule has 2 aromatic carbocycles. The summed E-state index contributed by atoms with van der Waals surface area (Å²) < 4.78 is 4.76. The Bertz CT molecular complexity index is 798. The van der Waals surface area contributed by atoms with Gasteiger partial charge in [0, 0.05) is 11.2 Å². The molecule has 1 aliphatic rings. The van der Waals surface area contributed by atoms with Crippen molar-refractivity contribution in [2.75, 3.05) is 0 Å². The Labute approximate surface area is 156 Å². The van der Waals surface area contributed by atoms with Gasteiger partial charge >= 0.3 is 0 Å². The Morgan fingerprint density at radius 2 is 1.62 bits per heavy atom. The number of benzene rings is 2. The predicted molar refractivity (Wildman–Crippen MR) is 109 cm³/mol. The molecule has 2 aromatic rings. The van der Waals surface area contributed by atoms with E-state index in [1.54, 1.807) is 0 Å². The zero-order chi connectivity index (χ0) is 17.3. The first-order chi connectivity index (χ1) is 11.3. The van der Waals surface area contributed by atoms with E-state index < -0.39 is 0 Å². The lowest BCUT2D eigenvalue weighted by molar-refractivity contribution is 0.590. The van der Waals surface area contributed by atoms with Gasteiger partial charge in [-0.15, -0.1) is 0 Å². The smallest absolute Gasteiger partial charge is 0.148 e. The van der Waals surface area contributed by atoms with Crippen LogP contribution in [0.15, 0.2) is 46.9 Å². The van der Waals surface area contributed by atoms with E-state index in [0.29, 0.717) is 10.0 Å². The van der Waals surface area contributed by atoms with Crippen molar-refractivity contribution < 1.29 is 0 Å². The second-order valence-corrected chi connectivity index (χ2v) is 9.11. The molecule has 1 N–H and O–H groups in total. The minimum absolute atomic E-state index is 0.175. The van der Waals surface area contributed by atoms with Crippen LogP contribution >= 0.6 is 33.9 Å². The van der Waals surface area contributed by atoms with Crippen molar-refractivity contribution in [1.29, 1.82) is 0 Å². The first-order valence-electron chi connectivity index (χ1n) is 7.77. The van der Waals surface area contributed by atoms with Gasteiger partial charge in [0.1, 0.15) is 5.84 Å². The molecule has 3 rings (SSSR count). The van der Waals surface area contributed by atoms with Gasteiger partial charge in [0.05, 0.1) is 15.6 Å². The van der Waals surface area contributed by atoms with Gasteiger partial charge in [-0.05, 0) is 39.3 Å². The third kappa shape index (κ3) is 3.85. The number of hydrogen-bond acceptors (Lipinski definition) is 2. The number of halogens is 2. The largest absolute Gasteiger partial charge is 0.339 e. The molecule has 0 aromatic heterocycles. The van der Waals surface area contributed by atoms with Crippen LogP contribution in [0.5, 0.6) is 0 Å². The van der Waals surface area contributed by atoms with E-state index in [-0.39, 0.29) is 16.1 Å². The van der Waals surface area contributed by atoms with Crippen molar-refractivity contribution in [1.82, 2.24) is 5.32 Å². The maximum atomic E-state index is 6.26. The highest BCUT2D eigenvalue weighted by Gasteiger charge is 2.17. The molecule has 126 valence electrons. The fourth-order valence-electron chi connectivity index (χ4n) is 2.48. The lowest BCUT2D eigenvalue weighted by Gasteiger charge is -2.19. The van der Waals surface area contributed by atoms with Crippen molar-refractivity contribution in [2.45, 2.75) is 31.9 Å². The Morgan fingerprint density at radius 3 is 2.21 bits per heavy atom. The van der Waals surface area contributed by atoms with Crippen LogP contribution in [0.3, 0.4) is 0 Å². The number of rotatable bonds is 3. The molecule has 2 nitrogen and oxygen atoms in total. The standard InChI is InChI=1S/C19H20Cl2N2S/c1-19(2,3)14-9-7-13(8-10-14)11-24-12-22-18(23-24)17-15(20)5-4-6-16(17)21/h4-10,12H,11H2,1-3H3,(H,22,23). The summed E-state index contributed by atoms with van der Waals surface area (Å²) in [6, 6.07) is 14.3. The maximum absolute atomic E-state index is 6.26. The fraction of sp³-hybridized carbons (Fsp3) is 0.263. The third-order valence-corrected chi connectivity index (χ3v) is 5.94. The normalized spacial score (nSPS) is 17.2. The van der Waals surface area contributed by atoms with Crippen molar-refractivity contribution in [3.63, 3.8) is 0 Å². The van der Waals surface area contributed by atoms with Crippen LogP contribution < -0.4 is 5.32 Å². The Balaban J connectivity index is 1.77. The zero-order valence-corrected chi connectivity index (χ0v) is 16.3. The number of nitrogens with zero attached hydrogens (tertiary/aromatic N) is 1. The summed E-state index contributed by atoms with van der Waals surface area (Å²) in [7, 11) is -0.219. The second kappa shape index (κ2) is 6.91. The molecule has 0 fully saturated rings. The van der Waals surface area contributed by atoms with Crippen LogP contribution in [0.2, 0.25) is 10.0 Å². The molecule has 0 spiro atoms. The van der Waals surface area contributed by atoms with Crippen molar-refractivity contribution in [2.24, 2.45) is 4.40 Å². The quantitative estimate of drug-likeness (QED) is 0.671. The first kappa shape index (κ1) is 17.5. The third-order valence-electron chi connectivity index (χ3n) is 3.87. The Morgan fingerprint density at radius 1 is 1.00 bits per heavy atom. The highest BCUT2D eigenvalue weighted by Crippen LogP contribution is 2.31. The van der Waals surface area contributed by atoms with Gasteiger partial charge in [-0.25, -0.2) is 4.40 Å². The number of hydrogen-bond donors (Lipinski definition) is 1. The first-order valence-corrected chi connectivity index (χ1v) is 9.94. The van der Waals surface area contributed by atoms with Gasteiger partial charge in [-0.2, -0.15) is 0 Å². The molecular weight excluding hydrogens is 359 g/mol. The van der Waals surface area contributed by atoms with E-state index >= 15 is 0 Å². The SMILES string of the molecule is CC(C)(C)c1ccc(CS2=CNC(c3c(Cl)cccc3Cl)=N2)cc1. The van der Waals surface area contributed by atoms with Gasteiger partial charge in [0.2, 0.25) is 0 Å². The molecule has 0 radical (unpaired) electrons. The van der Waals surface area contributed by atoms with Gasteiger partial charge in [-0.1, -0.05) is 74.3 Å². The average molecular weight is 379 g/mol. The lowest BCUT2D eigenvalue weighted by Crippen LogP contribution is -2.19. The van der Waals surface area contributed by atoms with E-state index in [1.807, 2.05) is 23.7 Å². The monoisotopic (exact) mass is 378 g/mol. The summed E-state index contributed by atoms with van der Waals surface area (Å²) in [6.45, 7) is 6.67. The molecule has 0 aliphatic carbocycles. The van der Waals surface area contributed by atoms with Gasteiger partial charge in [0.25, 0.3) is 0 Å². The molecule has 24 heavy (non-hydrogen) atoms. The lowest BCUT2D eigenvalue weighted by atomic mass is 9.87. The van der Waals surface area contributed by atoms with Crippen LogP contribution in [-0.2, 0) is 11.2 Å². The molecule has 0 bridgehead atoms. The fourth-order valence-corrected chi connectivity index (χ4v) is 4.42. The molecule has 1 aliphatic heterocycles. The topological polar surface area (TPSA) is 24.4 Å². The van der Waals surface area contributed by atoms with Gasteiger partial charge in [-0.3, -0.25) is 0 Å². The van der Waals surface area contributed by atoms with Crippen molar-refractivity contribution >= 4 is 45.2 Å². The minimum atomic E-state index is -0.219. The molecule has 5 heteroatoms. The number of amidine groups is 1. The highest BCUT2D eigenvalue weighted by atomic mass is 35.5. The van der Waals surface area contributed by atoms with E-state index in [9.17, 15) is 0 Å². The second-order valence-electron chi connectivity index (χ2n) is 6.79. The Hall–Kier alpha value is -1.29. The van der Waals surface area contributed by atoms with Gasteiger partial charge < -0.3 is 5.32 Å². The van der Waals surface area contributed by atoms with E-state index in [1.165, 1.54) is 11.1 Å². The average Bonchev–Trinajstić information content (AvgIpc) is 2.95. The van der Waals surface area contributed by atoms with Crippen LogP contribution in [0.4, 0.5) is 0 Å². The molecule has 1 heterocycles. The molecule has 1 atom stereocenters. The number of nitrogens with one attached hydrogen (secondary N) is 1. The van der Waals surface area contributed by atoms with E-state index in [2.05, 4.69) is 50.4 Å². The molecule has 0 saturated carbocycles. The summed E-state index contributed by atoms with van der Waals surface area (Å²) in [5, 5.41) is 4.46. The summed E-state index contributed by atoms with van der Waals surface area (Å²) in [5.74, 6) is 1.63. The molecule has 0 amide bonds. The zero-order valence-electron chi connectivity index (χ0n) is 13.9. The van der Waals surface area contributed by atoms with Crippen LogP contribution in [0.1, 0.15) is 37.5 Å². The summed E-state index contributed by atoms with van der Waals surface area (Å²) >= 11 is 12.5. The minimum Gasteiger partial charge on any atom is -0.339 e. The van der Waals surface area contributed by atoms with Crippen LogP contribution in [0.25, 0.3) is 0 Å². The molecule has 0 saturated heterocycles. The van der Waals surface area contributed by atoms with Gasteiger partial charge in [0.15, 0.2) is 0 Å². The highest BCUT2D eigenvalue weighted by molar-refractivity contribution is 8.13. The van der Waals surface area contributed by atoms with E-state index in [4.69, 9.17) is 27.6 Å². The molecule has 1 unspecified atom stereocenters. The summed E-state index contributed by atoms with van der Waals surface area (Å²) in [5.41, 5.74) is 5.59.